The predicted molar refractivity (Wildman–Crippen MR) is 76.4 cm³/mol. The zero-order valence-electron chi connectivity index (χ0n) is 10.8. The Bertz CT molecular complexity index is 536. The van der Waals surface area contributed by atoms with Crippen molar-refractivity contribution in [3.05, 3.63) is 11.4 Å². The van der Waals surface area contributed by atoms with Gasteiger partial charge in [0.2, 0.25) is 5.95 Å². The van der Waals surface area contributed by atoms with Crippen LogP contribution >= 0.6 is 11.3 Å². The summed E-state index contributed by atoms with van der Waals surface area (Å²) in [5.74, 6) is 1.36. The fourth-order valence-corrected chi connectivity index (χ4v) is 2.36. The zero-order valence-corrected chi connectivity index (χ0v) is 11.6. The van der Waals surface area contributed by atoms with E-state index in [-0.39, 0.29) is 12.1 Å². The molecule has 0 radical (unpaired) electrons. The van der Waals surface area contributed by atoms with E-state index in [1.165, 1.54) is 0 Å². The van der Waals surface area contributed by atoms with E-state index in [0.717, 1.165) is 22.5 Å². The third-order valence-electron chi connectivity index (χ3n) is 3.08. The van der Waals surface area contributed by atoms with Crippen LogP contribution in [0.1, 0.15) is 20.3 Å². The number of hydrogen-bond acceptors (Lipinski definition) is 6. The normalized spacial score (nSPS) is 14.4. The second kappa shape index (κ2) is 5.07. The topological polar surface area (TPSA) is 70.1 Å². The number of nitrogens with zero attached hydrogens (tertiary/aromatic N) is 2. The van der Waals surface area contributed by atoms with Crippen molar-refractivity contribution < 1.29 is 5.11 Å². The summed E-state index contributed by atoms with van der Waals surface area (Å²) in [5, 5.41) is 17.7. The minimum Gasteiger partial charge on any atom is -0.394 e. The predicted octanol–water partition coefficient (Wildman–Crippen LogP) is 2.31. The Hall–Kier alpha value is -1.40. The molecule has 0 aliphatic heterocycles. The molecule has 5 nitrogen and oxygen atoms in total. The standard InChI is InChI=1S/C12H18N4OS/c1-4-12(2,7-17)16-10-9-8(5-6-18-9)14-11(13-3)15-10/h5-6,17H,4,7H2,1-3H3,(H2,13,14,15,16). The maximum absolute atomic E-state index is 9.48. The Morgan fingerprint density at radius 3 is 2.83 bits per heavy atom. The minimum atomic E-state index is -0.365. The molecule has 3 N–H and O–H groups in total. The Morgan fingerprint density at radius 2 is 2.22 bits per heavy atom. The van der Waals surface area contributed by atoms with Gasteiger partial charge in [-0.05, 0) is 24.8 Å². The highest BCUT2D eigenvalue weighted by atomic mass is 32.1. The summed E-state index contributed by atoms with van der Waals surface area (Å²) < 4.78 is 1.02. The Labute approximate surface area is 110 Å². The van der Waals surface area contributed by atoms with Crippen LogP contribution in [0.25, 0.3) is 10.2 Å². The van der Waals surface area contributed by atoms with Gasteiger partial charge in [0, 0.05) is 7.05 Å². The van der Waals surface area contributed by atoms with Crippen molar-refractivity contribution in [2.75, 3.05) is 24.3 Å². The van der Waals surface area contributed by atoms with Crippen molar-refractivity contribution in [2.24, 2.45) is 0 Å². The lowest BCUT2D eigenvalue weighted by Crippen LogP contribution is -2.38. The van der Waals surface area contributed by atoms with Crippen molar-refractivity contribution in [2.45, 2.75) is 25.8 Å². The molecule has 1 unspecified atom stereocenters. The molecule has 0 aliphatic rings. The highest BCUT2D eigenvalue weighted by Crippen LogP contribution is 2.29. The Morgan fingerprint density at radius 1 is 1.44 bits per heavy atom. The number of hydrogen-bond donors (Lipinski definition) is 3. The van der Waals surface area contributed by atoms with Crippen LogP contribution in [-0.2, 0) is 0 Å². The molecule has 0 bridgehead atoms. The summed E-state index contributed by atoms with van der Waals surface area (Å²) in [6.07, 6.45) is 0.815. The third-order valence-corrected chi connectivity index (χ3v) is 3.99. The Balaban J connectivity index is 2.45. The highest BCUT2D eigenvalue weighted by molar-refractivity contribution is 7.17. The van der Waals surface area contributed by atoms with Crippen molar-refractivity contribution in [3.63, 3.8) is 0 Å². The van der Waals surface area contributed by atoms with Gasteiger partial charge in [-0.2, -0.15) is 4.98 Å². The Kier molecular flexibility index (Phi) is 3.68. The number of thiophene rings is 1. The average Bonchev–Trinajstić information content (AvgIpc) is 2.86. The number of nitrogens with one attached hydrogen (secondary N) is 2. The largest absolute Gasteiger partial charge is 0.394 e. The molecule has 98 valence electrons. The number of aliphatic hydroxyl groups is 1. The van der Waals surface area contributed by atoms with E-state index < -0.39 is 0 Å². The van der Waals surface area contributed by atoms with Crippen molar-refractivity contribution in [1.29, 1.82) is 0 Å². The summed E-state index contributed by atoms with van der Waals surface area (Å²) in [6, 6.07) is 1.97. The average molecular weight is 266 g/mol. The summed E-state index contributed by atoms with van der Waals surface area (Å²) in [7, 11) is 1.79. The van der Waals surface area contributed by atoms with Gasteiger partial charge in [-0.25, -0.2) is 4.98 Å². The lowest BCUT2D eigenvalue weighted by Gasteiger charge is -2.28. The third kappa shape index (κ3) is 2.39. The quantitative estimate of drug-likeness (QED) is 0.774. The van der Waals surface area contributed by atoms with E-state index >= 15 is 0 Å². The summed E-state index contributed by atoms with van der Waals surface area (Å²) in [6.45, 7) is 4.08. The molecule has 2 aromatic heterocycles. The molecule has 0 spiro atoms. The van der Waals surface area contributed by atoms with Gasteiger partial charge in [-0.3, -0.25) is 0 Å². The van der Waals surface area contributed by atoms with Gasteiger partial charge in [-0.15, -0.1) is 11.3 Å². The van der Waals surface area contributed by atoms with Crippen LogP contribution in [0, 0.1) is 0 Å². The molecule has 0 amide bonds. The van der Waals surface area contributed by atoms with Crippen molar-refractivity contribution in [3.8, 4) is 0 Å². The van der Waals surface area contributed by atoms with E-state index in [4.69, 9.17) is 0 Å². The van der Waals surface area contributed by atoms with Gasteiger partial charge in [0.25, 0.3) is 0 Å². The van der Waals surface area contributed by atoms with Crippen LogP contribution in [0.2, 0.25) is 0 Å². The summed E-state index contributed by atoms with van der Waals surface area (Å²) >= 11 is 1.60. The summed E-state index contributed by atoms with van der Waals surface area (Å²) in [5.41, 5.74) is 0.550. The molecule has 2 aromatic rings. The van der Waals surface area contributed by atoms with E-state index in [2.05, 4.69) is 20.6 Å². The first-order chi connectivity index (χ1) is 8.61. The van der Waals surface area contributed by atoms with Gasteiger partial charge >= 0.3 is 0 Å². The number of rotatable bonds is 5. The molecule has 1 atom stereocenters. The molecule has 2 heterocycles. The van der Waals surface area contributed by atoms with Crippen LogP contribution in [0.4, 0.5) is 11.8 Å². The summed E-state index contributed by atoms with van der Waals surface area (Å²) in [4.78, 5) is 8.82. The lowest BCUT2D eigenvalue weighted by molar-refractivity contribution is 0.219. The molecule has 0 aromatic carbocycles. The number of fused-ring (bicyclic) bond motifs is 1. The van der Waals surface area contributed by atoms with E-state index in [0.29, 0.717) is 5.95 Å². The van der Waals surface area contributed by atoms with Gasteiger partial charge < -0.3 is 15.7 Å². The highest BCUT2D eigenvalue weighted by Gasteiger charge is 2.23. The van der Waals surface area contributed by atoms with Gasteiger partial charge in [0.1, 0.15) is 5.82 Å². The van der Waals surface area contributed by atoms with Gasteiger partial charge in [0.05, 0.1) is 22.4 Å². The maximum Gasteiger partial charge on any atom is 0.225 e. The lowest BCUT2D eigenvalue weighted by atomic mass is 10.0. The van der Waals surface area contributed by atoms with Crippen LogP contribution < -0.4 is 10.6 Å². The number of anilines is 2. The second-order valence-electron chi connectivity index (χ2n) is 4.48. The molecule has 6 heteroatoms. The van der Waals surface area contributed by atoms with Gasteiger partial charge in [-0.1, -0.05) is 6.92 Å². The van der Waals surface area contributed by atoms with Crippen LogP contribution in [-0.4, -0.2) is 34.3 Å². The zero-order chi connectivity index (χ0) is 13.2. The fraction of sp³-hybridized carbons (Fsp3) is 0.500. The molecule has 0 saturated heterocycles. The van der Waals surface area contributed by atoms with Crippen molar-refractivity contribution in [1.82, 2.24) is 9.97 Å². The molecule has 2 rings (SSSR count). The van der Waals surface area contributed by atoms with Crippen molar-refractivity contribution >= 4 is 33.3 Å². The van der Waals surface area contributed by atoms with E-state index in [1.807, 2.05) is 25.3 Å². The first-order valence-electron chi connectivity index (χ1n) is 5.94. The SMILES string of the molecule is CCC(C)(CO)Nc1nc(NC)nc2ccsc12. The first kappa shape index (κ1) is 13.0. The molecule has 18 heavy (non-hydrogen) atoms. The number of aliphatic hydroxyl groups excluding tert-OH is 1. The molecular weight excluding hydrogens is 248 g/mol. The molecule has 0 aliphatic carbocycles. The van der Waals surface area contributed by atoms with Crippen LogP contribution in [0.5, 0.6) is 0 Å². The van der Waals surface area contributed by atoms with Gasteiger partial charge in [0.15, 0.2) is 0 Å². The maximum atomic E-state index is 9.48. The molecule has 0 fully saturated rings. The smallest absolute Gasteiger partial charge is 0.225 e. The second-order valence-corrected chi connectivity index (χ2v) is 5.39. The van der Waals surface area contributed by atoms with Crippen LogP contribution in [0.3, 0.4) is 0 Å². The number of aromatic nitrogens is 2. The molecule has 0 saturated carbocycles. The first-order valence-corrected chi connectivity index (χ1v) is 6.82. The fourth-order valence-electron chi connectivity index (χ4n) is 1.59. The van der Waals surface area contributed by atoms with E-state index in [1.54, 1.807) is 18.4 Å². The minimum absolute atomic E-state index is 0.0647. The van der Waals surface area contributed by atoms with Crippen LogP contribution in [0.15, 0.2) is 11.4 Å². The van der Waals surface area contributed by atoms with E-state index in [9.17, 15) is 5.11 Å². The molecular formula is C12H18N4OS. The monoisotopic (exact) mass is 266 g/mol.